The molecule has 3 heteroatoms. The zero-order valence-corrected chi connectivity index (χ0v) is 4.76. The average molecular weight is 110 g/mol. The lowest BCUT2D eigenvalue weighted by atomic mass is 10.0. The van der Waals surface area contributed by atoms with Crippen molar-refractivity contribution in [1.29, 1.82) is 0 Å². The van der Waals surface area contributed by atoms with Crippen LogP contribution in [0.4, 0.5) is 0 Å². The Morgan fingerprint density at radius 2 is 2.38 bits per heavy atom. The predicted octanol–water partition coefficient (Wildman–Crippen LogP) is 0.136. The van der Waals surface area contributed by atoms with Gasteiger partial charge in [-0.2, -0.15) is 0 Å². The number of rotatable bonds is 1. The molecule has 0 spiro atoms. The number of hydrogen-bond donors (Lipinski definition) is 0. The van der Waals surface area contributed by atoms with E-state index in [1.807, 2.05) is 0 Å². The Kier molecular flexibility index (Phi) is 1.28. The summed E-state index contributed by atoms with van der Waals surface area (Å²) in [5.41, 5.74) is 0. The van der Waals surface area contributed by atoms with E-state index in [2.05, 4.69) is 4.74 Å². The highest BCUT2D eigenvalue weighted by Gasteiger charge is 2.39. The highest BCUT2D eigenvalue weighted by atomic mass is 16.5. The van der Waals surface area contributed by atoms with Crippen LogP contribution in [0.5, 0.6) is 0 Å². The van der Waals surface area contributed by atoms with Crippen LogP contribution in [-0.2, 0) is 9.53 Å². The quantitative estimate of drug-likeness (QED) is 0.354. The monoisotopic (exact) mass is 110 g/mol. The second-order valence-electron chi connectivity index (χ2n) is 2.03. The van der Waals surface area contributed by atoms with Gasteiger partial charge in [0.2, 0.25) is 0 Å². The van der Waals surface area contributed by atoms with Crippen molar-refractivity contribution >= 4 is 13.8 Å². The molecule has 2 unspecified atom stereocenters. The van der Waals surface area contributed by atoms with E-state index < -0.39 is 0 Å². The fourth-order valence-electron chi connectivity index (χ4n) is 0.637. The molecule has 0 aliphatic heterocycles. The third-order valence-corrected chi connectivity index (χ3v) is 1.34. The fraction of sp³-hybridized carbons (Fsp3) is 0.800. The molecule has 0 saturated heterocycles. The topological polar surface area (TPSA) is 26.3 Å². The van der Waals surface area contributed by atoms with Gasteiger partial charge in [0.25, 0.3) is 0 Å². The van der Waals surface area contributed by atoms with E-state index in [1.165, 1.54) is 7.11 Å². The van der Waals surface area contributed by atoms with Gasteiger partial charge in [-0.15, -0.1) is 0 Å². The van der Waals surface area contributed by atoms with Crippen molar-refractivity contribution < 1.29 is 9.53 Å². The fourth-order valence-corrected chi connectivity index (χ4v) is 0.637. The SMILES string of the molecule is [B]C1CC1C(=O)OC. The van der Waals surface area contributed by atoms with Crippen molar-refractivity contribution in [2.75, 3.05) is 7.11 Å². The highest BCUT2D eigenvalue weighted by Crippen LogP contribution is 2.42. The van der Waals surface area contributed by atoms with E-state index in [0.29, 0.717) is 0 Å². The molecular weight excluding hydrogens is 103 g/mol. The minimum Gasteiger partial charge on any atom is -0.469 e. The summed E-state index contributed by atoms with van der Waals surface area (Å²) in [4.78, 5) is 10.5. The first kappa shape index (κ1) is 5.67. The zero-order chi connectivity index (χ0) is 6.15. The average Bonchev–Trinajstić information content (AvgIpc) is 2.45. The Morgan fingerprint density at radius 1 is 1.88 bits per heavy atom. The lowest BCUT2D eigenvalue weighted by Crippen LogP contribution is -2.02. The molecule has 0 aromatic heterocycles. The maximum Gasteiger partial charge on any atom is 0.308 e. The van der Waals surface area contributed by atoms with Crippen molar-refractivity contribution in [2.45, 2.75) is 12.2 Å². The Morgan fingerprint density at radius 3 is 2.50 bits per heavy atom. The summed E-state index contributed by atoms with van der Waals surface area (Å²) in [7, 11) is 6.72. The summed E-state index contributed by atoms with van der Waals surface area (Å²) >= 11 is 0. The van der Waals surface area contributed by atoms with Crippen LogP contribution in [0.15, 0.2) is 0 Å². The molecule has 0 aromatic carbocycles. The molecule has 8 heavy (non-hydrogen) atoms. The lowest BCUT2D eigenvalue weighted by molar-refractivity contribution is -0.142. The summed E-state index contributed by atoms with van der Waals surface area (Å²) in [6, 6.07) is 0. The van der Waals surface area contributed by atoms with E-state index in [0.717, 1.165) is 6.42 Å². The van der Waals surface area contributed by atoms with E-state index in [-0.39, 0.29) is 17.7 Å². The first-order valence-corrected chi connectivity index (χ1v) is 2.59. The number of carbonyl (C=O) groups is 1. The number of carbonyl (C=O) groups excluding carboxylic acids is 1. The van der Waals surface area contributed by atoms with Gasteiger partial charge in [-0.25, -0.2) is 0 Å². The second-order valence-corrected chi connectivity index (χ2v) is 2.03. The first-order valence-electron chi connectivity index (χ1n) is 2.59. The Hall–Kier alpha value is -0.465. The van der Waals surface area contributed by atoms with Gasteiger partial charge in [-0.3, -0.25) is 4.79 Å². The van der Waals surface area contributed by atoms with Gasteiger partial charge in [0.1, 0.15) is 0 Å². The van der Waals surface area contributed by atoms with Gasteiger partial charge >= 0.3 is 5.97 Å². The molecule has 1 fully saturated rings. The van der Waals surface area contributed by atoms with E-state index in [9.17, 15) is 4.79 Å². The Labute approximate surface area is 49.6 Å². The minimum absolute atomic E-state index is 0.000000000000000222. The molecule has 0 bridgehead atoms. The first-order chi connectivity index (χ1) is 3.75. The summed E-state index contributed by atoms with van der Waals surface area (Å²) < 4.78 is 4.43. The van der Waals surface area contributed by atoms with E-state index in [4.69, 9.17) is 7.85 Å². The van der Waals surface area contributed by atoms with Crippen LogP contribution in [0, 0.1) is 5.92 Å². The van der Waals surface area contributed by atoms with Gasteiger partial charge in [0, 0.05) is 0 Å². The van der Waals surface area contributed by atoms with Crippen molar-refractivity contribution in [2.24, 2.45) is 5.92 Å². The molecule has 2 nitrogen and oxygen atoms in total. The van der Waals surface area contributed by atoms with Gasteiger partial charge in [-0.1, -0.05) is 5.82 Å². The van der Waals surface area contributed by atoms with Crippen molar-refractivity contribution in [1.82, 2.24) is 0 Å². The maximum absolute atomic E-state index is 10.5. The van der Waals surface area contributed by atoms with E-state index in [1.54, 1.807) is 0 Å². The van der Waals surface area contributed by atoms with Crippen LogP contribution in [0.3, 0.4) is 0 Å². The summed E-state index contributed by atoms with van der Waals surface area (Å²) in [5, 5.41) is 0. The normalized spacial score (nSPS) is 34.1. The molecule has 1 aliphatic carbocycles. The number of esters is 1. The van der Waals surface area contributed by atoms with Gasteiger partial charge in [0.15, 0.2) is 0 Å². The smallest absolute Gasteiger partial charge is 0.308 e. The molecule has 2 atom stereocenters. The standard InChI is InChI=1S/C5H7BO2/c1-8-5(7)3-2-4(3)6/h3-4H,2H2,1H3. The molecule has 42 valence electrons. The van der Waals surface area contributed by atoms with Crippen LogP contribution in [0.25, 0.3) is 0 Å². The zero-order valence-electron chi connectivity index (χ0n) is 4.76. The molecule has 1 rings (SSSR count). The van der Waals surface area contributed by atoms with Crippen LogP contribution >= 0.6 is 0 Å². The summed E-state index contributed by atoms with van der Waals surface area (Å²) in [5.74, 6) is -0.0973. The third-order valence-electron chi connectivity index (χ3n) is 1.34. The Bertz CT molecular complexity index is 113. The lowest BCUT2D eigenvalue weighted by Gasteiger charge is -1.91. The van der Waals surface area contributed by atoms with Crippen LogP contribution in [-0.4, -0.2) is 20.9 Å². The highest BCUT2D eigenvalue weighted by molar-refractivity contribution is 6.16. The van der Waals surface area contributed by atoms with Gasteiger partial charge < -0.3 is 4.74 Å². The maximum atomic E-state index is 10.5. The molecule has 0 aromatic rings. The summed E-state index contributed by atoms with van der Waals surface area (Å²) in [6.07, 6.45) is 0.798. The van der Waals surface area contributed by atoms with Crippen molar-refractivity contribution in [3.63, 3.8) is 0 Å². The molecular formula is C5H7BO2. The molecule has 1 saturated carbocycles. The van der Waals surface area contributed by atoms with Crippen molar-refractivity contribution in [3.8, 4) is 0 Å². The predicted molar refractivity (Wildman–Crippen MR) is 29.6 cm³/mol. The molecule has 1 aliphatic rings. The summed E-state index contributed by atoms with van der Waals surface area (Å²) in [6.45, 7) is 0. The molecule has 2 radical (unpaired) electrons. The Balaban J connectivity index is 2.28. The van der Waals surface area contributed by atoms with Crippen LogP contribution in [0.2, 0.25) is 5.82 Å². The van der Waals surface area contributed by atoms with Gasteiger partial charge in [0.05, 0.1) is 20.9 Å². The largest absolute Gasteiger partial charge is 0.469 e. The van der Waals surface area contributed by atoms with Crippen LogP contribution < -0.4 is 0 Å². The molecule has 0 heterocycles. The third kappa shape index (κ3) is 0.856. The van der Waals surface area contributed by atoms with Crippen molar-refractivity contribution in [3.05, 3.63) is 0 Å². The minimum atomic E-state index is -0.169. The van der Waals surface area contributed by atoms with Crippen LogP contribution in [0.1, 0.15) is 6.42 Å². The van der Waals surface area contributed by atoms with E-state index >= 15 is 0 Å². The number of ether oxygens (including phenoxy) is 1. The second kappa shape index (κ2) is 1.80. The number of methoxy groups -OCH3 is 1. The molecule has 0 N–H and O–H groups in total. The molecule has 0 amide bonds. The number of hydrogen-bond acceptors (Lipinski definition) is 2. The van der Waals surface area contributed by atoms with Gasteiger partial charge in [-0.05, 0) is 6.42 Å².